The van der Waals surface area contributed by atoms with Gasteiger partial charge in [0.05, 0.1) is 5.03 Å². The van der Waals surface area contributed by atoms with E-state index in [2.05, 4.69) is 28.1 Å². The summed E-state index contributed by atoms with van der Waals surface area (Å²) >= 11 is 9.29. The van der Waals surface area contributed by atoms with Crippen molar-refractivity contribution in [3.8, 4) is 0 Å². The van der Waals surface area contributed by atoms with Crippen LogP contribution in [0.2, 0.25) is 0 Å². The van der Waals surface area contributed by atoms with Crippen molar-refractivity contribution in [3.05, 3.63) is 21.7 Å². The van der Waals surface area contributed by atoms with Crippen LogP contribution in [0.3, 0.4) is 0 Å². The minimum absolute atomic E-state index is 0.861. The zero-order chi connectivity index (χ0) is 7.40. The molecular weight excluding hydrogens is 211 g/mol. The molecule has 10 heavy (non-hydrogen) atoms. The van der Waals surface area contributed by atoms with E-state index in [1.54, 1.807) is 0 Å². The van der Waals surface area contributed by atoms with E-state index >= 15 is 0 Å². The minimum atomic E-state index is 0.861. The van der Waals surface area contributed by atoms with Gasteiger partial charge >= 0.3 is 0 Å². The van der Waals surface area contributed by atoms with Crippen molar-refractivity contribution in [1.82, 2.24) is 0 Å². The first-order chi connectivity index (χ1) is 4.80. The van der Waals surface area contributed by atoms with E-state index in [4.69, 9.17) is 11.6 Å². The highest BCUT2D eigenvalue weighted by molar-refractivity contribution is 9.12. The maximum Gasteiger partial charge on any atom is 0.0504 e. The smallest absolute Gasteiger partial charge is 0.0504 e. The van der Waals surface area contributed by atoms with Gasteiger partial charge in [-0.2, -0.15) is 0 Å². The predicted molar refractivity (Wildman–Crippen MR) is 49.4 cm³/mol. The quantitative estimate of drug-likeness (QED) is 0.581. The fraction of sp³-hybridized carbons (Fsp3) is 0.500. The summed E-state index contributed by atoms with van der Waals surface area (Å²) in [7, 11) is 0. The van der Waals surface area contributed by atoms with Crippen molar-refractivity contribution in [2.45, 2.75) is 25.7 Å². The van der Waals surface area contributed by atoms with Gasteiger partial charge in [0.1, 0.15) is 0 Å². The van der Waals surface area contributed by atoms with Gasteiger partial charge in [-0.25, -0.2) is 0 Å². The Bertz CT molecular complexity index is 150. The van der Waals surface area contributed by atoms with Crippen LogP contribution < -0.4 is 0 Å². The number of allylic oxidation sites excluding steroid dienone is 4. The van der Waals surface area contributed by atoms with E-state index in [9.17, 15) is 0 Å². The third-order valence-electron chi connectivity index (χ3n) is 1.53. The highest BCUT2D eigenvalue weighted by atomic mass is 79.9. The van der Waals surface area contributed by atoms with Crippen molar-refractivity contribution in [2.24, 2.45) is 0 Å². The van der Waals surface area contributed by atoms with Crippen LogP contribution in [-0.4, -0.2) is 0 Å². The van der Waals surface area contributed by atoms with Gasteiger partial charge in [-0.15, -0.1) is 0 Å². The van der Waals surface area contributed by atoms with Gasteiger partial charge in [-0.05, 0) is 41.6 Å². The molecular formula is C8H10BrCl. The number of rotatable bonds is 0. The summed E-state index contributed by atoms with van der Waals surface area (Å²) in [6.45, 7) is 0. The first-order valence-corrected chi connectivity index (χ1v) is 4.69. The fourth-order valence-electron chi connectivity index (χ4n) is 0.941. The Balaban J connectivity index is 2.66. The molecule has 0 N–H and O–H groups in total. The lowest BCUT2D eigenvalue weighted by Crippen LogP contribution is -1.81. The largest absolute Gasteiger partial charge is 0.0835 e. The first kappa shape index (κ1) is 8.35. The van der Waals surface area contributed by atoms with Crippen LogP contribution in [0.15, 0.2) is 21.7 Å². The molecule has 1 aliphatic rings. The van der Waals surface area contributed by atoms with Crippen molar-refractivity contribution in [1.29, 1.82) is 0 Å². The summed E-state index contributed by atoms with van der Waals surface area (Å²) in [6, 6.07) is 0. The summed E-state index contributed by atoms with van der Waals surface area (Å²) < 4.78 is 1.05. The lowest BCUT2D eigenvalue weighted by atomic mass is 10.1. The van der Waals surface area contributed by atoms with Gasteiger partial charge in [0.2, 0.25) is 0 Å². The molecule has 1 rings (SSSR count). The SMILES string of the molecule is ClC1=C/CCCC/C=C\1Br. The number of halogens is 2. The summed E-state index contributed by atoms with van der Waals surface area (Å²) in [5, 5.41) is 0.861. The summed E-state index contributed by atoms with van der Waals surface area (Å²) in [4.78, 5) is 0. The van der Waals surface area contributed by atoms with Crippen molar-refractivity contribution in [3.63, 3.8) is 0 Å². The Morgan fingerprint density at radius 3 is 2.50 bits per heavy atom. The van der Waals surface area contributed by atoms with Gasteiger partial charge in [0, 0.05) is 4.48 Å². The zero-order valence-electron chi connectivity index (χ0n) is 5.74. The molecule has 0 bridgehead atoms. The lowest BCUT2D eigenvalue weighted by Gasteiger charge is -2.02. The van der Waals surface area contributed by atoms with Crippen molar-refractivity contribution >= 4 is 27.5 Å². The summed E-state index contributed by atoms with van der Waals surface area (Å²) in [5.41, 5.74) is 0. The fourth-order valence-corrected chi connectivity index (χ4v) is 1.52. The van der Waals surface area contributed by atoms with Gasteiger partial charge in [-0.3, -0.25) is 0 Å². The molecule has 0 nitrogen and oxygen atoms in total. The number of hydrogen-bond donors (Lipinski definition) is 0. The molecule has 0 aromatic rings. The average molecular weight is 222 g/mol. The van der Waals surface area contributed by atoms with Crippen molar-refractivity contribution < 1.29 is 0 Å². The molecule has 0 aromatic heterocycles. The van der Waals surface area contributed by atoms with E-state index < -0.39 is 0 Å². The molecule has 0 saturated carbocycles. The van der Waals surface area contributed by atoms with Crippen LogP contribution in [0, 0.1) is 0 Å². The Kier molecular flexibility index (Phi) is 3.50. The Hall–Kier alpha value is 0.250. The van der Waals surface area contributed by atoms with E-state index in [0.717, 1.165) is 22.4 Å². The van der Waals surface area contributed by atoms with E-state index in [1.807, 2.05) is 0 Å². The van der Waals surface area contributed by atoms with Crippen LogP contribution in [0.4, 0.5) is 0 Å². The second kappa shape index (κ2) is 4.20. The molecule has 0 unspecified atom stereocenters. The third kappa shape index (κ3) is 2.47. The Morgan fingerprint density at radius 2 is 1.80 bits per heavy atom. The monoisotopic (exact) mass is 220 g/mol. The molecule has 0 fully saturated rings. The predicted octanol–water partition coefficient (Wildman–Crippen LogP) is 3.96. The lowest BCUT2D eigenvalue weighted by molar-refractivity contribution is 0.757. The van der Waals surface area contributed by atoms with Crippen molar-refractivity contribution in [2.75, 3.05) is 0 Å². The highest BCUT2D eigenvalue weighted by Gasteiger charge is 1.99. The van der Waals surface area contributed by atoms with E-state index in [1.165, 1.54) is 12.8 Å². The van der Waals surface area contributed by atoms with Gasteiger partial charge < -0.3 is 0 Å². The van der Waals surface area contributed by atoms with Gasteiger partial charge in [0.15, 0.2) is 0 Å². The molecule has 56 valence electrons. The molecule has 0 radical (unpaired) electrons. The van der Waals surface area contributed by atoms with Crippen LogP contribution in [0.5, 0.6) is 0 Å². The molecule has 0 heterocycles. The van der Waals surface area contributed by atoms with Crippen LogP contribution in [-0.2, 0) is 0 Å². The second-order valence-corrected chi connectivity index (χ2v) is 3.65. The Labute approximate surface area is 75.1 Å². The molecule has 0 aromatic carbocycles. The van der Waals surface area contributed by atoms with Gasteiger partial charge in [-0.1, -0.05) is 23.8 Å². The molecule has 2 heteroatoms. The standard InChI is InChI=1S/C8H10BrCl/c9-7-5-3-1-2-4-6-8(7)10/h5-6H,1-4H2/b7-5+,8-6+. The summed E-state index contributed by atoms with van der Waals surface area (Å²) in [5.74, 6) is 0. The van der Waals surface area contributed by atoms with Gasteiger partial charge in [0.25, 0.3) is 0 Å². The van der Waals surface area contributed by atoms with Crippen LogP contribution >= 0.6 is 27.5 Å². The maximum atomic E-state index is 5.89. The first-order valence-electron chi connectivity index (χ1n) is 3.52. The highest BCUT2D eigenvalue weighted by Crippen LogP contribution is 2.25. The minimum Gasteiger partial charge on any atom is -0.0835 e. The Morgan fingerprint density at radius 1 is 1.20 bits per heavy atom. The third-order valence-corrected chi connectivity index (χ3v) is 2.87. The summed E-state index contributed by atoms with van der Waals surface area (Å²) in [6.07, 6.45) is 8.99. The molecule has 0 spiro atoms. The van der Waals surface area contributed by atoms with Crippen LogP contribution in [0.1, 0.15) is 25.7 Å². The second-order valence-electron chi connectivity index (χ2n) is 2.39. The molecule has 0 atom stereocenters. The average Bonchev–Trinajstić information content (AvgIpc) is 1.92. The number of hydrogen-bond acceptors (Lipinski definition) is 0. The van der Waals surface area contributed by atoms with E-state index in [0.29, 0.717) is 0 Å². The van der Waals surface area contributed by atoms with E-state index in [-0.39, 0.29) is 0 Å². The molecule has 0 amide bonds. The zero-order valence-corrected chi connectivity index (χ0v) is 8.08. The molecule has 0 aliphatic heterocycles. The normalized spacial score (nSPS) is 31.0. The maximum absolute atomic E-state index is 5.89. The molecule has 1 aliphatic carbocycles. The van der Waals surface area contributed by atoms with Crippen LogP contribution in [0.25, 0.3) is 0 Å². The topological polar surface area (TPSA) is 0 Å². The molecule has 0 saturated heterocycles.